The van der Waals surface area contributed by atoms with Crippen molar-refractivity contribution in [1.29, 1.82) is 0 Å². The largest absolute Gasteiger partial charge is 0.357 e. The van der Waals surface area contributed by atoms with E-state index in [9.17, 15) is 0 Å². The van der Waals surface area contributed by atoms with Crippen LogP contribution in [0.25, 0.3) is 16.7 Å². The summed E-state index contributed by atoms with van der Waals surface area (Å²) in [5, 5.41) is 2.06. The Labute approximate surface area is 304 Å². The lowest BCUT2D eigenvalue weighted by molar-refractivity contribution is 0.506. The maximum absolute atomic E-state index is 5.43. The third-order valence-corrected chi connectivity index (χ3v) is 10.6. The summed E-state index contributed by atoms with van der Waals surface area (Å²) in [6.07, 6.45) is 7.42. The number of hydrogen-bond donors (Lipinski definition) is 3. The van der Waals surface area contributed by atoms with Crippen molar-refractivity contribution in [2.24, 2.45) is 4.99 Å². The van der Waals surface area contributed by atoms with Gasteiger partial charge in [0.25, 0.3) is 0 Å². The van der Waals surface area contributed by atoms with Crippen molar-refractivity contribution in [2.45, 2.75) is 31.6 Å². The normalized spacial score (nSPS) is 20.2. The number of nitrogens with zero attached hydrogens (tertiary/aromatic N) is 1. The standard InChI is InChI=1S/C48H40N4/c1-2-3-32-48(36-22-14-7-15-23-36)43-30-28-41(51-43)46(34-18-10-5-11-19-34)39-26-24-37(49-39)45(33-16-8-4-9-17-33)38-25-27-40(50-38)47(35-20-12-6-13-21-35)42-29-31-44(48)52-42/h4-31,49,51-52H,2-3,32H2,1H3/b45-37-,46-39-,47-40-/t48-/m0/s1. The van der Waals surface area contributed by atoms with E-state index < -0.39 is 5.41 Å². The first-order chi connectivity index (χ1) is 25.7. The first-order valence-electron chi connectivity index (χ1n) is 18.3. The molecule has 5 heterocycles. The molecule has 0 spiro atoms. The number of allylic oxidation sites excluding steroid dienone is 2. The van der Waals surface area contributed by atoms with Gasteiger partial charge < -0.3 is 15.0 Å². The van der Waals surface area contributed by atoms with Gasteiger partial charge in [-0.3, -0.25) is 0 Å². The van der Waals surface area contributed by atoms with E-state index in [1.807, 2.05) is 0 Å². The van der Waals surface area contributed by atoms with Gasteiger partial charge in [-0.25, -0.2) is 4.99 Å². The maximum atomic E-state index is 5.43. The van der Waals surface area contributed by atoms with Gasteiger partial charge >= 0.3 is 0 Å². The molecule has 0 aliphatic carbocycles. The number of fused-ring (bicyclic) bond motifs is 7. The molecule has 0 amide bonds. The molecule has 2 aliphatic rings. The van der Waals surface area contributed by atoms with Gasteiger partial charge in [-0.05, 0) is 77.2 Å². The van der Waals surface area contributed by atoms with Gasteiger partial charge in [-0.1, -0.05) is 141 Å². The second kappa shape index (κ2) is 13.4. The van der Waals surface area contributed by atoms with Gasteiger partial charge in [0, 0.05) is 50.2 Å². The number of aliphatic imine (C=N–C) groups is 1. The lowest BCUT2D eigenvalue weighted by atomic mass is 9.71. The molecular formula is C48H40N4. The van der Waals surface area contributed by atoms with Crippen LogP contribution in [0.1, 0.15) is 71.2 Å². The van der Waals surface area contributed by atoms with Crippen LogP contribution in [-0.2, 0) is 5.41 Å². The van der Waals surface area contributed by atoms with Crippen molar-refractivity contribution < 1.29 is 0 Å². The van der Waals surface area contributed by atoms with Crippen molar-refractivity contribution in [2.75, 3.05) is 0 Å². The van der Waals surface area contributed by atoms with Gasteiger partial charge in [0.1, 0.15) is 0 Å². The zero-order chi connectivity index (χ0) is 34.9. The smallest absolute Gasteiger partial charge is 0.0752 e. The molecule has 0 unspecified atom stereocenters. The van der Waals surface area contributed by atoms with Crippen molar-refractivity contribution in [1.82, 2.24) is 15.0 Å². The summed E-state index contributed by atoms with van der Waals surface area (Å²) in [4.78, 5) is 17.3. The van der Waals surface area contributed by atoms with E-state index in [1.54, 1.807) is 0 Å². The Balaban J connectivity index is 1.43. The highest BCUT2D eigenvalue weighted by molar-refractivity contribution is 6.30. The van der Waals surface area contributed by atoms with Crippen molar-refractivity contribution in [3.63, 3.8) is 0 Å². The summed E-state index contributed by atoms with van der Waals surface area (Å²) < 4.78 is 0. The Hall–Kier alpha value is -6.39. The minimum absolute atomic E-state index is 0.450. The Morgan fingerprint density at radius 3 is 1.56 bits per heavy atom. The second-order valence-corrected chi connectivity index (χ2v) is 13.7. The minimum atomic E-state index is -0.450. The van der Waals surface area contributed by atoms with Crippen LogP contribution in [0.3, 0.4) is 0 Å². The number of rotatable bonds is 7. The molecule has 252 valence electrons. The van der Waals surface area contributed by atoms with E-state index in [-0.39, 0.29) is 0 Å². The quantitative estimate of drug-likeness (QED) is 0.151. The highest BCUT2D eigenvalue weighted by atomic mass is 14.8. The highest BCUT2D eigenvalue weighted by Crippen LogP contribution is 2.44. The molecule has 9 rings (SSSR count). The molecule has 4 nitrogen and oxygen atoms in total. The average Bonchev–Trinajstić information content (AvgIpc) is 4.05. The lowest BCUT2D eigenvalue weighted by Gasteiger charge is -2.34. The molecule has 8 bridgehead atoms. The molecule has 0 radical (unpaired) electrons. The number of benzene rings is 4. The summed E-state index contributed by atoms with van der Waals surface area (Å²) >= 11 is 0. The van der Waals surface area contributed by atoms with Crippen LogP contribution in [0.5, 0.6) is 0 Å². The third kappa shape index (κ3) is 5.44. The fourth-order valence-corrected chi connectivity index (χ4v) is 8.09. The summed E-state index contributed by atoms with van der Waals surface area (Å²) in [5.74, 6) is 0. The Kier molecular flexibility index (Phi) is 8.13. The van der Waals surface area contributed by atoms with E-state index in [0.29, 0.717) is 0 Å². The summed E-state index contributed by atoms with van der Waals surface area (Å²) in [6, 6.07) is 56.4. The molecule has 1 atom stereocenters. The Morgan fingerprint density at radius 2 is 0.981 bits per heavy atom. The fraction of sp³-hybridized carbons (Fsp3) is 0.104. The molecule has 2 aliphatic heterocycles. The molecule has 0 saturated heterocycles. The van der Waals surface area contributed by atoms with Crippen LogP contribution in [0.4, 0.5) is 0 Å². The van der Waals surface area contributed by atoms with Gasteiger partial charge in [-0.15, -0.1) is 0 Å². The SMILES string of the molecule is CCCC[C@@]1(c2ccccc2)c2ccc([nH]2)/C(c2ccccc2)=C2/C=CC(=N2)/C(c2ccccc2)=c2/cc/c([nH]2)=C(\c2ccccc2)c2ccc1[nH]2. The monoisotopic (exact) mass is 672 g/mol. The van der Waals surface area contributed by atoms with E-state index in [0.717, 1.165) is 97.6 Å². The number of hydrogen-bond acceptors (Lipinski definition) is 1. The predicted octanol–water partition coefficient (Wildman–Crippen LogP) is 9.43. The lowest BCUT2D eigenvalue weighted by Crippen LogP contribution is -2.30. The van der Waals surface area contributed by atoms with Crippen molar-refractivity contribution in [3.05, 3.63) is 231 Å². The number of aromatic nitrogens is 3. The van der Waals surface area contributed by atoms with Crippen LogP contribution in [0.2, 0.25) is 0 Å². The van der Waals surface area contributed by atoms with E-state index >= 15 is 0 Å². The number of unbranched alkanes of at least 4 members (excludes halogenated alkanes) is 1. The van der Waals surface area contributed by atoms with Crippen LogP contribution in [0.15, 0.2) is 181 Å². The number of H-pyrrole nitrogens is 3. The predicted molar refractivity (Wildman–Crippen MR) is 214 cm³/mol. The van der Waals surface area contributed by atoms with Crippen LogP contribution < -0.4 is 10.7 Å². The molecular weight excluding hydrogens is 633 g/mol. The zero-order valence-corrected chi connectivity index (χ0v) is 29.2. The van der Waals surface area contributed by atoms with Crippen molar-refractivity contribution in [3.8, 4) is 0 Å². The van der Waals surface area contributed by atoms with E-state index in [2.05, 4.69) is 192 Å². The zero-order valence-electron chi connectivity index (χ0n) is 29.2. The van der Waals surface area contributed by atoms with E-state index in [4.69, 9.17) is 4.99 Å². The first kappa shape index (κ1) is 31.6. The Bertz CT molecular complexity index is 2580. The first-order valence-corrected chi connectivity index (χ1v) is 18.3. The van der Waals surface area contributed by atoms with Gasteiger partial charge in [0.15, 0.2) is 0 Å². The van der Waals surface area contributed by atoms with E-state index in [1.165, 1.54) is 5.56 Å². The summed E-state index contributed by atoms with van der Waals surface area (Å²) in [5.41, 5.74) is 13.7. The molecule has 4 aromatic carbocycles. The average molecular weight is 673 g/mol. The number of nitrogens with one attached hydrogen (secondary N) is 3. The fourth-order valence-electron chi connectivity index (χ4n) is 8.09. The third-order valence-electron chi connectivity index (χ3n) is 10.6. The minimum Gasteiger partial charge on any atom is -0.357 e. The van der Waals surface area contributed by atoms with Crippen LogP contribution >= 0.6 is 0 Å². The molecule has 3 aromatic heterocycles. The molecule has 3 N–H and O–H groups in total. The van der Waals surface area contributed by atoms with Gasteiger partial charge in [0.05, 0.1) is 16.8 Å². The van der Waals surface area contributed by atoms with Gasteiger partial charge in [-0.2, -0.15) is 0 Å². The Morgan fingerprint density at radius 1 is 0.481 bits per heavy atom. The van der Waals surface area contributed by atoms with Crippen LogP contribution in [0, 0.1) is 0 Å². The van der Waals surface area contributed by atoms with Gasteiger partial charge in [0.2, 0.25) is 0 Å². The maximum Gasteiger partial charge on any atom is 0.0752 e. The molecule has 7 aromatic rings. The molecule has 52 heavy (non-hydrogen) atoms. The molecule has 0 saturated carbocycles. The molecule has 4 heteroatoms. The number of aromatic amines is 3. The highest BCUT2D eigenvalue weighted by Gasteiger charge is 2.39. The molecule has 0 fully saturated rings. The second-order valence-electron chi connectivity index (χ2n) is 13.7. The van der Waals surface area contributed by atoms with Crippen molar-refractivity contribution >= 4 is 22.4 Å². The summed E-state index contributed by atoms with van der Waals surface area (Å²) in [7, 11) is 0. The topological polar surface area (TPSA) is 59.7 Å². The summed E-state index contributed by atoms with van der Waals surface area (Å²) in [6.45, 7) is 2.28. The van der Waals surface area contributed by atoms with Crippen LogP contribution in [-0.4, -0.2) is 20.7 Å².